The van der Waals surface area contributed by atoms with Crippen molar-refractivity contribution in [1.82, 2.24) is 14.7 Å². The molecule has 8 heteroatoms. The highest BCUT2D eigenvalue weighted by Gasteiger charge is 2.20. The number of rotatable bonds is 8. The number of nitrogens with zero attached hydrogens (tertiary/aromatic N) is 4. The number of nitro groups is 1. The molecule has 0 fully saturated rings. The van der Waals surface area contributed by atoms with Gasteiger partial charge in [-0.1, -0.05) is 48.5 Å². The van der Waals surface area contributed by atoms with Crippen LogP contribution in [0.3, 0.4) is 0 Å². The van der Waals surface area contributed by atoms with Gasteiger partial charge in [0, 0.05) is 43.5 Å². The number of nitrogens with one attached hydrogen (secondary N) is 1. The number of benzene rings is 3. The van der Waals surface area contributed by atoms with Gasteiger partial charge in [0.15, 0.2) is 0 Å². The first-order chi connectivity index (χ1) is 16.0. The minimum absolute atomic E-state index is 0.137. The SMILES string of the molecule is CN(Cc1cnn(-c2ccccc2)c1)C(=O)c1ccc(NCc2ccccc2)c([N+](=O)[O-])c1. The fourth-order valence-corrected chi connectivity index (χ4v) is 3.49. The fraction of sp³-hybridized carbons (Fsp3) is 0.120. The van der Waals surface area contributed by atoms with Crippen molar-refractivity contribution in [2.24, 2.45) is 0 Å². The standard InChI is InChI=1S/C25H23N5O3/c1-28(17-20-16-27-29(18-20)22-10-6-3-7-11-22)25(31)21-12-13-23(24(14-21)30(32)33)26-15-19-8-4-2-5-9-19/h2-14,16,18,26H,15,17H2,1H3. The van der Waals surface area contributed by atoms with E-state index >= 15 is 0 Å². The Morgan fingerprint density at radius 3 is 2.42 bits per heavy atom. The van der Waals surface area contributed by atoms with Crippen molar-refractivity contribution in [1.29, 1.82) is 0 Å². The van der Waals surface area contributed by atoms with Gasteiger partial charge in [0.1, 0.15) is 5.69 Å². The molecule has 1 N–H and O–H groups in total. The maximum atomic E-state index is 12.9. The summed E-state index contributed by atoms with van der Waals surface area (Å²) >= 11 is 0. The highest BCUT2D eigenvalue weighted by atomic mass is 16.6. The molecule has 0 atom stereocenters. The summed E-state index contributed by atoms with van der Waals surface area (Å²) in [5, 5.41) is 19.1. The molecule has 0 aliphatic heterocycles. The van der Waals surface area contributed by atoms with Crippen molar-refractivity contribution in [2.45, 2.75) is 13.1 Å². The highest BCUT2D eigenvalue weighted by molar-refractivity contribution is 5.95. The number of amides is 1. The maximum Gasteiger partial charge on any atom is 0.293 e. The lowest BCUT2D eigenvalue weighted by Crippen LogP contribution is -2.26. The molecule has 0 saturated heterocycles. The van der Waals surface area contributed by atoms with Crippen LogP contribution in [0.4, 0.5) is 11.4 Å². The molecule has 8 nitrogen and oxygen atoms in total. The van der Waals surface area contributed by atoms with Gasteiger partial charge >= 0.3 is 0 Å². The lowest BCUT2D eigenvalue weighted by Gasteiger charge is -2.17. The summed E-state index contributed by atoms with van der Waals surface area (Å²) in [5.74, 6) is -0.305. The summed E-state index contributed by atoms with van der Waals surface area (Å²) < 4.78 is 1.74. The van der Waals surface area contributed by atoms with Gasteiger partial charge in [-0.3, -0.25) is 14.9 Å². The molecule has 1 aromatic heterocycles. The van der Waals surface area contributed by atoms with Crippen LogP contribution >= 0.6 is 0 Å². The van der Waals surface area contributed by atoms with Crippen LogP contribution in [0.5, 0.6) is 0 Å². The Bertz CT molecular complexity index is 1260. The zero-order valence-corrected chi connectivity index (χ0v) is 18.1. The second-order valence-electron chi connectivity index (χ2n) is 7.62. The zero-order valence-electron chi connectivity index (χ0n) is 18.1. The molecule has 33 heavy (non-hydrogen) atoms. The van der Waals surface area contributed by atoms with E-state index < -0.39 is 4.92 Å². The van der Waals surface area contributed by atoms with E-state index in [-0.39, 0.29) is 17.2 Å². The first-order valence-corrected chi connectivity index (χ1v) is 10.4. The van der Waals surface area contributed by atoms with Crippen LogP contribution in [0, 0.1) is 10.1 Å². The summed E-state index contributed by atoms with van der Waals surface area (Å²) in [6, 6.07) is 23.8. The van der Waals surface area contributed by atoms with Crippen molar-refractivity contribution >= 4 is 17.3 Å². The van der Waals surface area contributed by atoms with Gasteiger partial charge < -0.3 is 10.2 Å². The Balaban J connectivity index is 1.46. The quantitative estimate of drug-likeness (QED) is 0.317. The van der Waals surface area contributed by atoms with Crippen LogP contribution in [0.2, 0.25) is 0 Å². The second-order valence-corrected chi connectivity index (χ2v) is 7.62. The first-order valence-electron chi connectivity index (χ1n) is 10.4. The Kier molecular flexibility index (Phi) is 6.45. The minimum Gasteiger partial charge on any atom is -0.375 e. The summed E-state index contributed by atoms with van der Waals surface area (Å²) in [6.07, 6.45) is 3.56. The molecule has 0 aliphatic rings. The second kappa shape index (κ2) is 9.78. The summed E-state index contributed by atoms with van der Waals surface area (Å²) in [6.45, 7) is 0.772. The molecule has 0 bridgehead atoms. The van der Waals surface area contributed by atoms with E-state index in [2.05, 4.69) is 10.4 Å². The van der Waals surface area contributed by atoms with Crippen LogP contribution in [0.25, 0.3) is 5.69 Å². The number of para-hydroxylation sites is 1. The molecule has 4 aromatic rings. The smallest absolute Gasteiger partial charge is 0.293 e. The van der Waals surface area contributed by atoms with Gasteiger partial charge in [0.2, 0.25) is 0 Å². The first kappa shape index (κ1) is 21.8. The van der Waals surface area contributed by atoms with E-state index in [1.54, 1.807) is 30.1 Å². The Morgan fingerprint density at radius 2 is 1.73 bits per heavy atom. The van der Waals surface area contributed by atoms with E-state index in [0.717, 1.165) is 16.8 Å². The number of aromatic nitrogens is 2. The number of carbonyl (C=O) groups is 1. The zero-order chi connectivity index (χ0) is 23.2. The Morgan fingerprint density at radius 1 is 1.03 bits per heavy atom. The van der Waals surface area contributed by atoms with E-state index in [1.165, 1.54) is 11.0 Å². The molecule has 0 unspecified atom stereocenters. The summed E-state index contributed by atoms with van der Waals surface area (Å²) in [7, 11) is 1.66. The minimum atomic E-state index is -0.478. The number of nitro benzene ring substituents is 1. The van der Waals surface area contributed by atoms with Crippen molar-refractivity contribution in [3.05, 3.63) is 118 Å². The van der Waals surface area contributed by atoms with Crippen LogP contribution in [0.15, 0.2) is 91.3 Å². The average molecular weight is 441 g/mol. The topological polar surface area (TPSA) is 93.3 Å². The molecule has 3 aromatic carbocycles. The largest absolute Gasteiger partial charge is 0.375 e. The third-order valence-electron chi connectivity index (χ3n) is 5.19. The predicted octanol–water partition coefficient (Wildman–Crippen LogP) is 4.66. The number of hydrogen-bond donors (Lipinski definition) is 1. The summed E-state index contributed by atoms with van der Waals surface area (Å²) in [4.78, 5) is 25.6. The number of hydrogen-bond acceptors (Lipinski definition) is 5. The monoisotopic (exact) mass is 441 g/mol. The van der Waals surface area contributed by atoms with Crippen LogP contribution in [0.1, 0.15) is 21.5 Å². The summed E-state index contributed by atoms with van der Waals surface area (Å²) in [5.41, 5.74) is 3.26. The highest BCUT2D eigenvalue weighted by Crippen LogP contribution is 2.27. The lowest BCUT2D eigenvalue weighted by molar-refractivity contribution is -0.384. The molecule has 0 radical (unpaired) electrons. The molecule has 1 heterocycles. The van der Waals surface area contributed by atoms with Crippen LogP contribution in [-0.2, 0) is 13.1 Å². The van der Waals surface area contributed by atoms with E-state index in [9.17, 15) is 14.9 Å². The lowest BCUT2D eigenvalue weighted by atomic mass is 10.1. The third-order valence-corrected chi connectivity index (χ3v) is 5.19. The van der Waals surface area contributed by atoms with E-state index in [4.69, 9.17) is 0 Å². The van der Waals surface area contributed by atoms with Gasteiger partial charge in [0.05, 0.1) is 16.8 Å². The van der Waals surface area contributed by atoms with Gasteiger partial charge in [-0.2, -0.15) is 5.10 Å². The van der Waals surface area contributed by atoms with E-state index in [0.29, 0.717) is 18.8 Å². The molecule has 0 aliphatic carbocycles. The van der Waals surface area contributed by atoms with Crippen LogP contribution in [-0.4, -0.2) is 32.6 Å². The van der Waals surface area contributed by atoms with Crippen molar-refractivity contribution < 1.29 is 9.72 Å². The normalized spacial score (nSPS) is 10.6. The Labute approximate surface area is 191 Å². The van der Waals surface area contributed by atoms with Gasteiger partial charge in [-0.25, -0.2) is 4.68 Å². The van der Waals surface area contributed by atoms with Crippen molar-refractivity contribution in [3.8, 4) is 5.69 Å². The van der Waals surface area contributed by atoms with Crippen molar-refractivity contribution in [3.63, 3.8) is 0 Å². The molecular weight excluding hydrogens is 418 g/mol. The Hall–Kier alpha value is -4.46. The van der Waals surface area contributed by atoms with Gasteiger partial charge in [-0.15, -0.1) is 0 Å². The fourth-order valence-electron chi connectivity index (χ4n) is 3.49. The van der Waals surface area contributed by atoms with E-state index in [1.807, 2.05) is 66.9 Å². The molecule has 1 amide bonds. The molecular formula is C25H23N5O3. The predicted molar refractivity (Wildman–Crippen MR) is 126 cm³/mol. The van der Waals surface area contributed by atoms with Crippen molar-refractivity contribution in [2.75, 3.05) is 12.4 Å². The van der Waals surface area contributed by atoms with Gasteiger partial charge in [0.25, 0.3) is 11.6 Å². The molecule has 0 saturated carbocycles. The number of anilines is 1. The maximum absolute atomic E-state index is 12.9. The third kappa shape index (κ3) is 5.24. The molecule has 0 spiro atoms. The average Bonchev–Trinajstić information content (AvgIpc) is 3.31. The molecule has 166 valence electrons. The van der Waals surface area contributed by atoms with Crippen LogP contribution < -0.4 is 5.32 Å². The molecule has 4 rings (SSSR count). The van der Waals surface area contributed by atoms with Gasteiger partial charge in [-0.05, 0) is 29.8 Å². The number of carbonyl (C=O) groups excluding carboxylic acids is 1.